The number of hydrogen-bond acceptors (Lipinski definition) is 3. The molecule has 5 heteroatoms. The highest BCUT2D eigenvalue weighted by atomic mass is 32.2. The Morgan fingerprint density at radius 3 is 1.83 bits per heavy atom. The van der Waals surface area contributed by atoms with Crippen molar-refractivity contribution < 1.29 is 9.90 Å². The molecule has 0 saturated carbocycles. The predicted octanol–water partition coefficient (Wildman–Crippen LogP) is 6.65. The Hall–Kier alpha value is -1.75. The molecule has 0 rings (SSSR count). The SMILES string of the molecule is CC(C)=CCCC(C)=CCCC(C)=CCCC(C)=CSCC(N=C(C)N)C(=O)O. The smallest absolute Gasteiger partial charge is 0.329 e. The Labute approximate surface area is 182 Å². The van der Waals surface area contributed by atoms with Crippen LogP contribution in [0, 0.1) is 0 Å². The average molecular weight is 421 g/mol. The Morgan fingerprint density at radius 2 is 1.38 bits per heavy atom. The Kier molecular flexibility index (Phi) is 15.1. The van der Waals surface area contributed by atoms with E-state index >= 15 is 0 Å². The minimum absolute atomic E-state index is 0.303. The minimum atomic E-state index is -0.937. The minimum Gasteiger partial charge on any atom is -0.480 e. The van der Waals surface area contributed by atoms with Gasteiger partial charge in [-0.25, -0.2) is 4.79 Å². The van der Waals surface area contributed by atoms with Gasteiger partial charge in [-0.1, -0.05) is 40.5 Å². The second-order valence-corrected chi connectivity index (χ2v) is 8.82. The molecule has 1 unspecified atom stereocenters. The van der Waals surface area contributed by atoms with Crippen molar-refractivity contribution in [2.45, 2.75) is 86.1 Å². The molecule has 0 bridgehead atoms. The third-order valence-electron chi connectivity index (χ3n) is 4.34. The van der Waals surface area contributed by atoms with Crippen LogP contribution in [0.25, 0.3) is 0 Å². The highest BCUT2D eigenvalue weighted by Gasteiger charge is 2.15. The van der Waals surface area contributed by atoms with Crippen molar-refractivity contribution in [1.29, 1.82) is 0 Å². The number of aliphatic carboxylic acids is 1. The quantitative estimate of drug-likeness (QED) is 0.187. The van der Waals surface area contributed by atoms with E-state index in [0.717, 1.165) is 38.5 Å². The van der Waals surface area contributed by atoms with Crippen LogP contribution in [0.3, 0.4) is 0 Å². The van der Waals surface area contributed by atoms with Gasteiger partial charge in [0, 0.05) is 5.75 Å². The van der Waals surface area contributed by atoms with Crippen LogP contribution < -0.4 is 5.73 Å². The van der Waals surface area contributed by atoms with E-state index in [2.05, 4.69) is 57.8 Å². The summed E-state index contributed by atoms with van der Waals surface area (Å²) in [6, 6.07) is -0.783. The van der Waals surface area contributed by atoms with Crippen LogP contribution in [-0.4, -0.2) is 28.7 Å². The van der Waals surface area contributed by atoms with Gasteiger partial charge in [-0.05, 0) is 85.5 Å². The van der Waals surface area contributed by atoms with E-state index in [1.165, 1.54) is 34.1 Å². The number of nitrogens with zero attached hydrogens (tertiary/aromatic N) is 1. The fourth-order valence-electron chi connectivity index (χ4n) is 2.64. The highest BCUT2D eigenvalue weighted by Crippen LogP contribution is 2.16. The summed E-state index contributed by atoms with van der Waals surface area (Å²) in [5.74, 6) is -0.236. The van der Waals surface area contributed by atoms with Crippen LogP contribution in [-0.2, 0) is 4.79 Å². The number of amidine groups is 1. The van der Waals surface area contributed by atoms with E-state index in [4.69, 9.17) is 10.8 Å². The number of carbonyl (C=O) groups is 1. The number of hydrogen-bond donors (Lipinski definition) is 2. The van der Waals surface area contributed by atoms with E-state index in [-0.39, 0.29) is 0 Å². The van der Waals surface area contributed by atoms with Crippen LogP contribution in [0.4, 0.5) is 0 Å². The fraction of sp³-hybridized carbons (Fsp3) is 0.583. The lowest BCUT2D eigenvalue weighted by atomic mass is 10.0. The lowest BCUT2D eigenvalue weighted by molar-refractivity contribution is -0.137. The van der Waals surface area contributed by atoms with Gasteiger partial charge in [-0.15, -0.1) is 11.8 Å². The molecule has 0 aromatic heterocycles. The first kappa shape index (κ1) is 27.2. The molecule has 0 aromatic rings. The second-order valence-electron chi connectivity index (χ2n) is 7.92. The Balaban J connectivity index is 4.22. The van der Waals surface area contributed by atoms with Gasteiger partial charge < -0.3 is 10.8 Å². The first-order valence-corrected chi connectivity index (χ1v) is 11.4. The number of allylic oxidation sites excluding steroid dienone is 7. The van der Waals surface area contributed by atoms with Crippen molar-refractivity contribution in [2.24, 2.45) is 10.7 Å². The maximum absolute atomic E-state index is 11.2. The van der Waals surface area contributed by atoms with Gasteiger partial charge in [0.05, 0.1) is 5.84 Å². The Morgan fingerprint density at radius 1 is 0.897 bits per heavy atom. The lowest BCUT2D eigenvalue weighted by Gasteiger charge is -2.06. The van der Waals surface area contributed by atoms with Crippen LogP contribution in [0.1, 0.15) is 80.1 Å². The summed E-state index contributed by atoms with van der Waals surface area (Å²) >= 11 is 1.49. The molecule has 0 spiro atoms. The maximum atomic E-state index is 11.2. The van der Waals surface area contributed by atoms with Crippen molar-refractivity contribution in [3.63, 3.8) is 0 Å². The third-order valence-corrected chi connectivity index (χ3v) is 5.41. The second kappa shape index (κ2) is 16.1. The molecule has 4 nitrogen and oxygen atoms in total. The molecule has 0 amide bonds. The normalized spacial score (nSPS) is 14.7. The average Bonchev–Trinajstić information content (AvgIpc) is 2.60. The molecule has 0 aromatic carbocycles. The van der Waals surface area contributed by atoms with Gasteiger partial charge in [0.25, 0.3) is 0 Å². The van der Waals surface area contributed by atoms with Gasteiger partial charge in [0.2, 0.25) is 0 Å². The van der Waals surface area contributed by atoms with E-state index < -0.39 is 12.0 Å². The van der Waals surface area contributed by atoms with E-state index in [0.29, 0.717) is 11.6 Å². The summed E-state index contributed by atoms with van der Waals surface area (Å²) in [7, 11) is 0. The standard InChI is InChI=1S/C24H40N2O2S/c1-18(2)10-7-11-19(3)12-8-13-20(4)14-9-15-21(5)16-29-17-23(24(27)28)26-22(6)25/h10,12,14,16,23H,7-9,11,13,15,17H2,1-6H3,(H2,25,26)(H,27,28). The monoisotopic (exact) mass is 420 g/mol. The Bertz CT molecular complexity index is 650. The summed E-state index contributed by atoms with van der Waals surface area (Å²) in [5, 5.41) is 11.2. The van der Waals surface area contributed by atoms with E-state index in [1.807, 2.05) is 5.41 Å². The molecule has 0 radical (unpaired) electrons. The van der Waals surface area contributed by atoms with Crippen LogP contribution in [0.5, 0.6) is 0 Å². The van der Waals surface area contributed by atoms with Crippen molar-refractivity contribution in [3.8, 4) is 0 Å². The molecule has 0 heterocycles. The molecule has 0 aliphatic carbocycles. The molecular formula is C24H40N2O2S. The maximum Gasteiger partial charge on any atom is 0.329 e. The molecule has 0 fully saturated rings. The van der Waals surface area contributed by atoms with Crippen LogP contribution in [0.15, 0.2) is 50.9 Å². The first-order valence-electron chi connectivity index (χ1n) is 10.4. The van der Waals surface area contributed by atoms with E-state index in [1.54, 1.807) is 6.92 Å². The molecule has 1 atom stereocenters. The molecular weight excluding hydrogens is 380 g/mol. The van der Waals surface area contributed by atoms with Gasteiger partial charge in [-0.3, -0.25) is 4.99 Å². The summed E-state index contributed by atoms with van der Waals surface area (Å²) < 4.78 is 0. The topological polar surface area (TPSA) is 75.7 Å². The zero-order valence-electron chi connectivity index (χ0n) is 19.1. The number of carboxylic acid groups (broad SMARTS) is 1. The molecule has 0 aliphatic rings. The summed E-state index contributed by atoms with van der Waals surface area (Å²) in [6.45, 7) is 12.4. The highest BCUT2D eigenvalue weighted by molar-refractivity contribution is 8.02. The van der Waals surface area contributed by atoms with Crippen LogP contribution >= 0.6 is 11.8 Å². The number of nitrogens with two attached hydrogens (primary N) is 1. The molecule has 3 N–H and O–H groups in total. The van der Waals surface area contributed by atoms with Crippen molar-refractivity contribution in [2.75, 3.05) is 5.75 Å². The number of rotatable bonds is 14. The number of carboxylic acids is 1. The van der Waals surface area contributed by atoms with Gasteiger partial charge in [0.15, 0.2) is 6.04 Å². The third kappa shape index (κ3) is 16.9. The molecule has 164 valence electrons. The van der Waals surface area contributed by atoms with Gasteiger partial charge >= 0.3 is 5.97 Å². The zero-order chi connectivity index (χ0) is 22.2. The largest absolute Gasteiger partial charge is 0.480 e. The number of aliphatic imine (C=N–C) groups is 1. The molecule has 0 saturated heterocycles. The first-order chi connectivity index (χ1) is 13.6. The van der Waals surface area contributed by atoms with E-state index in [9.17, 15) is 4.79 Å². The van der Waals surface area contributed by atoms with Crippen molar-refractivity contribution in [1.82, 2.24) is 0 Å². The van der Waals surface area contributed by atoms with Gasteiger partial charge in [-0.2, -0.15) is 0 Å². The zero-order valence-corrected chi connectivity index (χ0v) is 19.9. The number of thioether (sulfide) groups is 1. The summed E-state index contributed by atoms with van der Waals surface area (Å²) in [5.41, 5.74) is 11.0. The molecule has 29 heavy (non-hydrogen) atoms. The lowest BCUT2D eigenvalue weighted by Crippen LogP contribution is -2.23. The predicted molar refractivity (Wildman–Crippen MR) is 130 cm³/mol. The van der Waals surface area contributed by atoms with Gasteiger partial charge in [0.1, 0.15) is 0 Å². The fourth-order valence-corrected chi connectivity index (χ4v) is 3.53. The van der Waals surface area contributed by atoms with Crippen molar-refractivity contribution in [3.05, 3.63) is 45.9 Å². The molecule has 0 aliphatic heterocycles. The summed E-state index contributed by atoms with van der Waals surface area (Å²) in [6.07, 6.45) is 13.5. The summed E-state index contributed by atoms with van der Waals surface area (Å²) in [4.78, 5) is 15.1. The van der Waals surface area contributed by atoms with Crippen molar-refractivity contribution >= 4 is 23.6 Å². The van der Waals surface area contributed by atoms with Crippen LogP contribution in [0.2, 0.25) is 0 Å².